The number of aryl methyl sites for hydroxylation is 1. The summed E-state index contributed by atoms with van der Waals surface area (Å²) in [5.41, 5.74) is 3.62. The lowest BCUT2D eigenvalue weighted by Crippen LogP contribution is -1.82. The molecule has 0 nitrogen and oxygen atoms in total. The van der Waals surface area contributed by atoms with Gasteiger partial charge in [-0.05, 0) is 29.5 Å². The monoisotopic (exact) mass is 212 g/mol. The smallest absolute Gasteiger partial charge is 0.0190 e. The summed E-state index contributed by atoms with van der Waals surface area (Å²) in [6.45, 7) is 8.35. The molecule has 0 radical (unpaired) electrons. The largest absolute Gasteiger partial charge is 0.0912 e. The predicted molar refractivity (Wildman–Crippen MR) is 73.4 cm³/mol. The summed E-state index contributed by atoms with van der Waals surface area (Å²) in [6.07, 6.45) is 10.4. The molecule has 0 spiro atoms. The molecule has 0 aliphatic rings. The highest BCUT2D eigenvalue weighted by molar-refractivity contribution is 5.72. The molecule has 0 aromatic heterocycles. The molecular weight excluding hydrogens is 192 g/mol. The number of rotatable bonds is 5. The van der Waals surface area contributed by atoms with Gasteiger partial charge in [-0.3, -0.25) is 0 Å². The van der Waals surface area contributed by atoms with Crippen molar-refractivity contribution >= 4 is 5.57 Å². The maximum Gasteiger partial charge on any atom is -0.0190 e. The lowest BCUT2D eigenvalue weighted by molar-refractivity contribution is 1.14. The van der Waals surface area contributed by atoms with Gasteiger partial charge in [0.05, 0.1) is 0 Å². The molecule has 0 atom stereocenters. The lowest BCUT2D eigenvalue weighted by atomic mass is 10.0. The lowest BCUT2D eigenvalue weighted by Gasteiger charge is -2.01. The van der Waals surface area contributed by atoms with Crippen molar-refractivity contribution < 1.29 is 0 Å². The first-order valence-electron chi connectivity index (χ1n) is 5.89. The first-order valence-corrected chi connectivity index (χ1v) is 5.89. The van der Waals surface area contributed by atoms with E-state index in [-0.39, 0.29) is 0 Å². The second-order valence-corrected chi connectivity index (χ2v) is 3.77. The van der Waals surface area contributed by atoms with Crippen LogP contribution in [0.3, 0.4) is 0 Å². The molecule has 0 aliphatic carbocycles. The molecule has 0 amide bonds. The van der Waals surface area contributed by atoms with Gasteiger partial charge in [0.2, 0.25) is 0 Å². The van der Waals surface area contributed by atoms with Crippen molar-refractivity contribution in [2.24, 2.45) is 0 Å². The highest BCUT2D eigenvalue weighted by atomic mass is 14.0. The summed E-state index contributed by atoms with van der Waals surface area (Å²) in [5, 5.41) is 0. The van der Waals surface area contributed by atoms with Gasteiger partial charge in [-0.25, -0.2) is 0 Å². The molecule has 1 aromatic rings. The first kappa shape index (κ1) is 12.5. The van der Waals surface area contributed by atoms with Gasteiger partial charge in [0.25, 0.3) is 0 Å². The van der Waals surface area contributed by atoms with E-state index < -0.39 is 0 Å². The minimum atomic E-state index is 1.06. The van der Waals surface area contributed by atoms with Crippen LogP contribution in [0.2, 0.25) is 0 Å². The van der Waals surface area contributed by atoms with Gasteiger partial charge in [0.15, 0.2) is 0 Å². The zero-order valence-electron chi connectivity index (χ0n) is 10.2. The molecule has 0 unspecified atom stereocenters. The maximum absolute atomic E-state index is 4.06. The van der Waals surface area contributed by atoms with Crippen LogP contribution in [-0.4, -0.2) is 0 Å². The van der Waals surface area contributed by atoms with E-state index in [4.69, 9.17) is 0 Å². The maximum atomic E-state index is 4.06. The number of benzene rings is 1. The molecule has 84 valence electrons. The minimum absolute atomic E-state index is 1.06. The minimum Gasteiger partial charge on any atom is -0.0912 e. The number of hydrogen-bond acceptors (Lipinski definition) is 0. The fourth-order valence-electron chi connectivity index (χ4n) is 1.44. The van der Waals surface area contributed by atoms with Crippen LogP contribution in [0.5, 0.6) is 0 Å². The van der Waals surface area contributed by atoms with Crippen LogP contribution < -0.4 is 0 Å². The third-order valence-electron chi connectivity index (χ3n) is 2.51. The molecule has 0 heterocycles. The average molecular weight is 212 g/mol. The second kappa shape index (κ2) is 6.84. The molecule has 0 saturated carbocycles. The molecule has 1 rings (SSSR count). The van der Waals surface area contributed by atoms with E-state index >= 15 is 0 Å². The van der Waals surface area contributed by atoms with Gasteiger partial charge in [-0.1, -0.05) is 69.0 Å². The quantitative estimate of drug-likeness (QED) is 0.616. The second-order valence-electron chi connectivity index (χ2n) is 3.77. The Morgan fingerprint density at radius 2 is 1.81 bits per heavy atom. The van der Waals surface area contributed by atoms with Crippen molar-refractivity contribution in [2.75, 3.05) is 0 Å². The van der Waals surface area contributed by atoms with E-state index in [0.29, 0.717) is 0 Å². The molecule has 16 heavy (non-hydrogen) atoms. The van der Waals surface area contributed by atoms with Crippen LogP contribution in [0.1, 0.15) is 31.4 Å². The van der Waals surface area contributed by atoms with Gasteiger partial charge in [-0.2, -0.15) is 0 Å². The molecular formula is C16H20. The van der Waals surface area contributed by atoms with E-state index in [1.165, 1.54) is 11.1 Å². The fourth-order valence-corrected chi connectivity index (χ4v) is 1.44. The van der Waals surface area contributed by atoms with Crippen molar-refractivity contribution in [2.45, 2.75) is 26.7 Å². The van der Waals surface area contributed by atoms with Gasteiger partial charge in [0, 0.05) is 0 Å². The standard InChI is InChI=1S/C16H20/c1-4-6-7-8-9-14(3)16-12-10-15(5-2)11-13-16/h6-13H,3-5H2,1-2H3/b7-6-,9-8-. The Kier molecular flexibility index (Phi) is 5.35. The van der Waals surface area contributed by atoms with Crippen LogP contribution in [0.15, 0.2) is 55.1 Å². The van der Waals surface area contributed by atoms with E-state index in [2.05, 4.69) is 56.8 Å². The highest BCUT2D eigenvalue weighted by Crippen LogP contribution is 2.14. The van der Waals surface area contributed by atoms with Crippen molar-refractivity contribution in [3.8, 4) is 0 Å². The van der Waals surface area contributed by atoms with Gasteiger partial charge >= 0.3 is 0 Å². The SMILES string of the molecule is C=C(/C=C\C=C/CC)c1ccc(CC)cc1. The summed E-state index contributed by atoms with van der Waals surface area (Å²) >= 11 is 0. The molecule has 0 fully saturated rings. The summed E-state index contributed by atoms with van der Waals surface area (Å²) in [6, 6.07) is 8.59. The third kappa shape index (κ3) is 3.90. The van der Waals surface area contributed by atoms with Gasteiger partial charge < -0.3 is 0 Å². The van der Waals surface area contributed by atoms with Crippen molar-refractivity contribution in [3.63, 3.8) is 0 Å². The summed E-state index contributed by atoms with van der Waals surface area (Å²) in [5.74, 6) is 0. The Hall–Kier alpha value is -1.56. The first-order chi connectivity index (χ1) is 7.77. The Labute approximate surface area is 99.0 Å². The van der Waals surface area contributed by atoms with Gasteiger partial charge in [-0.15, -0.1) is 0 Å². The van der Waals surface area contributed by atoms with Crippen LogP contribution in [-0.2, 0) is 6.42 Å². The van der Waals surface area contributed by atoms with E-state index in [1.807, 2.05) is 12.2 Å². The summed E-state index contributed by atoms with van der Waals surface area (Å²) in [4.78, 5) is 0. The highest BCUT2D eigenvalue weighted by Gasteiger charge is 1.94. The van der Waals surface area contributed by atoms with Gasteiger partial charge in [0.1, 0.15) is 0 Å². The molecule has 1 aromatic carbocycles. The van der Waals surface area contributed by atoms with Crippen LogP contribution in [0, 0.1) is 0 Å². The molecule has 0 heteroatoms. The Bertz CT molecular complexity index is 377. The molecule has 0 saturated heterocycles. The van der Waals surface area contributed by atoms with Crippen molar-refractivity contribution in [1.29, 1.82) is 0 Å². The molecule has 0 bridgehead atoms. The van der Waals surface area contributed by atoms with Crippen LogP contribution >= 0.6 is 0 Å². The Morgan fingerprint density at radius 1 is 1.12 bits per heavy atom. The van der Waals surface area contributed by atoms with E-state index in [1.54, 1.807) is 0 Å². The summed E-state index contributed by atoms with van der Waals surface area (Å²) in [7, 11) is 0. The fraction of sp³-hybridized carbons (Fsp3) is 0.250. The van der Waals surface area contributed by atoms with Crippen molar-refractivity contribution in [1.82, 2.24) is 0 Å². The third-order valence-corrected chi connectivity index (χ3v) is 2.51. The topological polar surface area (TPSA) is 0 Å². The number of hydrogen-bond donors (Lipinski definition) is 0. The summed E-state index contributed by atoms with van der Waals surface area (Å²) < 4.78 is 0. The molecule has 0 aliphatic heterocycles. The van der Waals surface area contributed by atoms with Crippen LogP contribution in [0.4, 0.5) is 0 Å². The van der Waals surface area contributed by atoms with Crippen molar-refractivity contribution in [3.05, 3.63) is 66.3 Å². The zero-order valence-corrected chi connectivity index (χ0v) is 10.2. The zero-order chi connectivity index (χ0) is 11.8. The number of allylic oxidation sites excluding steroid dienone is 5. The van der Waals surface area contributed by atoms with E-state index in [9.17, 15) is 0 Å². The predicted octanol–water partition coefficient (Wildman–Crippen LogP) is 4.78. The average Bonchev–Trinajstić information content (AvgIpc) is 2.34. The normalized spacial score (nSPS) is 11.4. The Balaban J connectivity index is 2.66. The molecule has 0 N–H and O–H groups in total. The van der Waals surface area contributed by atoms with Crippen LogP contribution in [0.25, 0.3) is 5.57 Å². The van der Waals surface area contributed by atoms with E-state index in [0.717, 1.165) is 18.4 Å². The Morgan fingerprint density at radius 3 is 2.38 bits per heavy atom.